The van der Waals surface area contributed by atoms with Crippen LogP contribution in [0.1, 0.15) is 11.3 Å². The lowest BCUT2D eigenvalue weighted by Crippen LogP contribution is -2.23. The molecule has 13 heteroatoms. The third-order valence-electron chi connectivity index (χ3n) is 5.94. The number of nitrogens with zero attached hydrogens (tertiary/aromatic N) is 5. The number of aromatic nitrogens is 5. The maximum Gasteiger partial charge on any atom is 0.148 e. The second-order valence-corrected chi connectivity index (χ2v) is 11.7. The molecule has 2 heterocycles. The number of fused-ring (bicyclic) bond motifs is 1. The highest BCUT2D eigenvalue weighted by Gasteiger charge is 2.12. The first-order chi connectivity index (χ1) is 19.2. The molecule has 0 saturated heterocycles. The summed E-state index contributed by atoms with van der Waals surface area (Å²) < 4.78 is 43.4. The summed E-state index contributed by atoms with van der Waals surface area (Å²) in [6, 6.07) is 17.0. The van der Waals surface area contributed by atoms with E-state index < -0.39 is 9.84 Å². The Morgan fingerprint density at radius 3 is 2.65 bits per heavy atom. The topological polar surface area (TPSA) is 124 Å². The molecule has 5 rings (SSSR count). The van der Waals surface area contributed by atoms with Gasteiger partial charge in [-0.25, -0.2) is 27.5 Å². The number of ether oxygens (including phenoxy) is 1. The van der Waals surface area contributed by atoms with Gasteiger partial charge in [0.05, 0.1) is 33.9 Å². The van der Waals surface area contributed by atoms with E-state index in [9.17, 15) is 12.8 Å². The Kier molecular flexibility index (Phi) is 8.19. The van der Waals surface area contributed by atoms with Gasteiger partial charge in [-0.15, -0.1) is 5.10 Å². The average Bonchev–Trinajstić information content (AvgIpc) is 3.40. The summed E-state index contributed by atoms with van der Waals surface area (Å²) in [4.78, 5) is 8.79. The molecule has 10 nitrogen and oxygen atoms in total. The number of nitrogens with one attached hydrogen (secondary N) is 2. The van der Waals surface area contributed by atoms with Gasteiger partial charge in [0.1, 0.15) is 40.2 Å². The molecule has 0 unspecified atom stereocenters. The van der Waals surface area contributed by atoms with E-state index in [2.05, 4.69) is 30.9 Å². The molecular weight excluding hydrogens is 557 g/mol. The van der Waals surface area contributed by atoms with Gasteiger partial charge in [-0.2, -0.15) is 0 Å². The van der Waals surface area contributed by atoms with Crippen molar-refractivity contribution in [3.8, 4) is 11.4 Å². The molecule has 0 saturated carbocycles. The van der Waals surface area contributed by atoms with E-state index in [1.54, 1.807) is 35.1 Å². The molecule has 206 valence electrons. The summed E-state index contributed by atoms with van der Waals surface area (Å²) in [7, 11) is -3.05. The number of anilines is 2. The minimum atomic E-state index is -3.05. The highest BCUT2D eigenvalue weighted by atomic mass is 35.5. The number of halogens is 2. The van der Waals surface area contributed by atoms with E-state index in [-0.39, 0.29) is 18.2 Å². The van der Waals surface area contributed by atoms with Crippen LogP contribution in [0, 0.1) is 5.82 Å². The Labute approximate surface area is 235 Å². The second-order valence-electron chi connectivity index (χ2n) is 9.05. The monoisotopic (exact) mass is 581 g/mol. The Balaban J connectivity index is 1.32. The molecular formula is C27H25ClFN7O3S. The van der Waals surface area contributed by atoms with E-state index in [1.165, 1.54) is 24.7 Å². The predicted octanol–water partition coefficient (Wildman–Crippen LogP) is 4.46. The van der Waals surface area contributed by atoms with E-state index >= 15 is 0 Å². The largest absolute Gasteiger partial charge is 0.487 e. The van der Waals surface area contributed by atoms with Crippen LogP contribution < -0.4 is 15.4 Å². The van der Waals surface area contributed by atoms with Crippen LogP contribution in [0.15, 0.2) is 73.2 Å². The first kappa shape index (κ1) is 27.4. The maximum absolute atomic E-state index is 13.1. The number of hydrogen-bond acceptors (Lipinski definition) is 9. The molecule has 5 aromatic rings. The molecule has 0 fully saturated rings. The zero-order valence-electron chi connectivity index (χ0n) is 21.4. The van der Waals surface area contributed by atoms with Gasteiger partial charge >= 0.3 is 0 Å². The lowest BCUT2D eigenvalue weighted by atomic mass is 10.2. The fraction of sp³-hybridized carbons (Fsp3) is 0.185. The molecule has 0 aliphatic carbocycles. The van der Waals surface area contributed by atoms with E-state index in [4.69, 9.17) is 16.3 Å². The van der Waals surface area contributed by atoms with Crippen molar-refractivity contribution in [2.75, 3.05) is 23.9 Å². The third kappa shape index (κ3) is 6.89. The van der Waals surface area contributed by atoms with Crippen molar-refractivity contribution in [3.63, 3.8) is 0 Å². The van der Waals surface area contributed by atoms with Gasteiger partial charge in [0, 0.05) is 30.4 Å². The van der Waals surface area contributed by atoms with Gasteiger partial charge in [0.15, 0.2) is 0 Å². The number of benzene rings is 3. The summed E-state index contributed by atoms with van der Waals surface area (Å²) in [5.41, 5.74) is 3.75. The van der Waals surface area contributed by atoms with Crippen LogP contribution in [0.25, 0.3) is 16.6 Å². The number of sulfone groups is 1. The standard InChI is InChI=1S/C27H25ClFN7O3S/c1-40(37,38)11-10-30-14-22-15-33-35-36(22)21-7-8-25-23(13-21)27(32-17-31-25)34-20-6-9-26(24(28)12-20)39-16-18-2-4-19(29)5-3-18/h2-9,12-13,15,17,30H,10-11,14,16H2,1H3,(H,31,32,34). The van der Waals surface area contributed by atoms with Gasteiger partial charge in [0.2, 0.25) is 0 Å². The number of rotatable bonds is 11. The summed E-state index contributed by atoms with van der Waals surface area (Å²) in [6.07, 6.45) is 4.30. The second kappa shape index (κ2) is 11.9. The third-order valence-corrected chi connectivity index (χ3v) is 7.18. The molecule has 0 aliphatic rings. The van der Waals surface area contributed by atoms with Gasteiger partial charge in [-0.1, -0.05) is 28.9 Å². The Morgan fingerprint density at radius 2 is 1.88 bits per heavy atom. The minimum Gasteiger partial charge on any atom is -0.487 e. The van der Waals surface area contributed by atoms with Crippen LogP contribution in [-0.2, 0) is 23.0 Å². The Bertz CT molecular complexity index is 1750. The summed E-state index contributed by atoms with van der Waals surface area (Å²) in [6.45, 7) is 0.969. The average molecular weight is 582 g/mol. The highest BCUT2D eigenvalue weighted by molar-refractivity contribution is 7.90. The highest BCUT2D eigenvalue weighted by Crippen LogP contribution is 2.31. The lowest BCUT2D eigenvalue weighted by molar-refractivity contribution is 0.306. The van der Waals surface area contributed by atoms with Crippen LogP contribution in [0.2, 0.25) is 5.02 Å². The molecule has 40 heavy (non-hydrogen) atoms. The quantitative estimate of drug-likeness (QED) is 0.218. The molecule has 0 bridgehead atoms. The van der Waals surface area contributed by atoms with E-state index in [0.717, 1.165) is 27.8 Å². The van der Waals surface area contributed by atoms with Crippen molar-refractivity contribution in [2.24, 2.45) is 0 Å². The van der Waals surface area contributed by atoms with Crippen LogP contribution in [0.5, 0.6) is 5.75 Å². The maximum atomic E-state index is 13.1. The zero-order valence-corrected chi connectivity index (χ0v) is 23.0. The summed E-state index contributed by atoms with van der Waals surface area (Å²) in [5.74, 6) is 0.802. The van der Waals surface area contributed by atoms with Gasteiger partial charge in [-0.3, -0.25) is 0 Å². The van der Waals surface area contributed by atoms with Crippen molar-refractivity contribution in [1.29, 1.82) is 0 Å². The Morgan fingerprint density at radius 1 is 1.05 bits per heavy atom. The van der Waals surface area contributed by atoms with E-state index in [0.29, 0.717) is 35.4 Å². The van der Waals surface area contributed by atoms with Crippen LogP contribution in [-0.4, -0.2) is 51.9 Å². The van der Waals surface area contributed by atoms with Crippen molar-refractivity contribution in [1.82, 2.24) is 30.3 Å². The van der Waals surface area contributed by atoms with Gasteiger partial charge < -0.3 is 15.4 Å². The lowest BCUT2D eigenvalue weighted by Gasteiger charge is -2.13. The molecule has 0 spiro atoms. The molecule has 2 N–H and O–H groups in total. The van der Waals surface area contributed by atoms with Gasteiger partial charge in [0.25, 0.3) is 0 Å². The normalized spacial score (nSPS) is 11.6. The molecule has 0 atom stereocenters. The summed E-state index contributed by atoms with van der Waals surface area (Å²) >= 11 is 6.48. The van der Waals surface area contributed by atoms with Crippen molar-refractivity contribution in [3.05, 3.63) is 95.3 Å². The molecule has 0 amide bonds. The van der Waals surface area contributed by atoms with Crippen molar-refractivity contribution >= 4 is 43.8 Å². The molecule has 3 aromatic carbocycles. The van der Waals surface area contributed by atoms with Gasteiger partial charge in [-0.05, 0) is 54.1 Å². The smallest absolute Gasteiger partial charge is 0.148 e. The fourth-order valence-corrected chi connectivity index (χ4v) is 4.67. The first-order valence-electron chi connectivity index (χ1n) is 12.2. The molecule has 0 aliphatic heterocycles. The van der Waals surface area contributed by atoms with E-state index in [1.807, 2.05) is 24.3 Å². The predicted molar refractivity (Wildman–Crippen MR) is 151 cm³/mol. The number of hydrogen-bond donors (Lipinski definition) is 2. The fourth-order valence-electron chi connectivity index (χ4n) is 3.92. The van der Waals surface area contributed by atoms with Crippen LogP contribution in [0.3, 0.4) is 0 Å². The van der Waals surface area contributed by atoms with Crippen molar-refractivity contribution < 1.29 is 17.5 Å². The SMILES string of the molecule is CS(=O)(=O)CCNCc1cnnn1-c1ccc2ncnc(Nc3ccc(OCc4ccc(F)cc4)c(Cl)c3)c2c1. The minimum absolute atomic E-state index is 0.0439. The Hall–Kier alpha value is -4.13. The van der Waals surface area contributed by atoms with Crippen molar-refractivity contribution in [2.45, 2.75) is 13.2 Å². The van der Waals surface area contributed by atoms with Crippen LogP contribution >= 0.6 is 11.6 Å². The molecule has 2 aromatic heterocycles. The summed E-state index contributed by atoms with van der Waals surface area (Å²) in [5, 5.41) is 15.8. The van der Waals surface area contributed by atoms with Crippen LogP contribution in [0.4, 0.5) is 15.9 Å². The first-order valence-corrected chi connectivity index (χ1v) is 14.7. The molecule has 0 radical (unpaired) electrons. The zero-order chi connectivity index (χ0) is 28.1.